The number of carbonyl (C=O) groups excluding carboxylic acids is 3. The zero-order chi connectivity index (χ0) is 28.3. The Bertz CT molecular complexity index is 1510. The number of urea groups is 1. The second-order valence-electron chi connectivity index (χ2n) is 8.86. The van der Waals surface area contributed by atoms with Gasteiger partial charge in [-0.25, -0.2) is 14.5 Å². The summed E-state index contributed by atoms with van der Waals surface area (Å²) in [6.45, 7) is 5.75. The van der Waals surface area contributed by atoms with Crippen molar-refractivity contribution in [3.63, 3.8) is 0 Å². The topological polar surface area (TPSA) is 122 Å². The molecule has 0 aliphatic carbocycles. The third-order valence-corrected chi connectivity index (χ3v) is 6.05. The third-order valence-electron chi connectivity index (χ3n) is 5.77. The second-order valence-corrected chi connectivity index (χ2v) is 9.27. The molecule has 1 saturated heterocycles. The number of aromatic carboxylic acids is 1. The summed E-state index contributed by atoms with van der Waals surface area (Å²) in [5.74, 6) is -2.19. The van der Waals surface area contributed by atoms with Gasteiger partial charge in [0.1, 0.15) is 12.2 Å². The summed E-state index contributed by atoms with van der Waals surface area (Å²) in [6, 6.07) is 13.8. The van der Waals surface area contributed by atoms with Crippen molar-refractivity contribution in [2.75, 3.05) is 11.5 Å². The van der Waals surface area contributed by atoms with Crippen LogP contribution >= 0.6 is 11.6 Å². The van der Waals surface area contributed by atoms with Crippen molar-refractivity contribution in [2.24, 2.45) is 0 Å². The van der Waals surface area contributed by atoms with Gasteiger partial charge in [0.25, 0.3) is 11.8 Å². The van der Waals surface area contributed by atoms with E-state index in [1.807, 2.05) is 19.9 Å². The average molecular weight is 549 g/mol. The van der Waals surface area contributed by atoms with Gasteiger partial charge in [0, 0.05) is 0 Å². The highest BCUT2D eigenvalue weighted by molar-refractivity contribution is 6.39. The fraction of sp³-hybridized carbons (Fsp3) is 0.172. The van der Waals surface area contributed by atoms with Crippen molar-refractivity contribution >= 4 is 47.2 Å². The summed E-state index contributed by atoms with van der Waals surface area (Å²) in [7, 11) is 0. The van der Waals surface area contributed by atoms with Gasteiger partial charge in [0.15, 0.2) is 11.5 Å². The van der Waals surface area contributed by atoms with Crippen LogP contribution in [0.15, 0.2) is 60.2 Å². The third kappa shape index (κ3) is 6.10. The number of hydrogen-bond acceptors (Lipinski definition) is 6. The number of aryl methyl sites for hydroxylation is 2. The Kier molecular flexibility index (Phi) is 8.01. The molecule has 2 N–H and O–H groups in total. The summed E-state index contributed by atoms with van der Waals surface area (Å²) in [6.07, 6.45) is 1.33. The van der Waals surface area contributed by atoms with Crippen LogP contribution in [0.2, 0.25) is 5.02 Å². The van der Waals surface area contributed by atoms with Gasteiger partial charge in [-0.05, 0) is 85.5 Å². The summed E-state index contributed by atoms with van der Waals surface area (Å²) in [5.41, 5.74) is 2.90. The largest absolute Gasteiger partial charge is 0.490 e. The maximum Gasteiger partial charge on any atom is 0.335 e. The van der Waals surface area contributed by atoms with Crippen LogP contribution in [0.25, 0.3) is 6.08 Å². The molecule has 4 rings (SSSR count). The van der Waals surface area contributed by atoms with Crippen LogP contribution < -0.4 is 19.7 Å². The second kappa shape index (κ2) is 11.4. The maximum atomic E-state index is 13.3. The molecule has 1 aliphatic rings. The highest BCUT2D eigenvalue weighted by atomic mass is 35.5. The molecule has 3 aromatic carbocycles. The van der Waals surface area contributed by atoms with Crippen molar-refractivity contribution in [1.29, 1.82) is 0 Å². The summed E-state index contributed by atoms with van der Waals surface area (Å²) in [5, 5.41) is 11.6. The van der Waals surface area contributed by atoms with Crippen LogP contribution in [0, 0.1) is 13.8 Å². The van der Waals surface area contributed by atoms with Crippen LogP contribution in [0.5, 0.6) is 11.5 Å². The Balaban J connectivity index is 1.66. The smallest absolute Gasteiger partial charge is 0.335 e. The minimum atomic E-state index is -1.05. The van der Waals surface area contributed by atoms with E-state index < -0.39 is 23.8 Å². The van der Waals surface area contributed by atoms with Crippen LogP contribution in [0.4, 0.5) is 10.5 Å². The van der Waals surface area contributed by atoms with Crippen molar-refractivity contribution < 1.29 is 33.8 Å². The van der Waals surface area contributed by atoms with Gasteiger partial charge < -0.3 is 14.6 Å². The van der Waals surface area contributed by atoms with Crippen LogP contribution in [-0.4, -0.2) is 35.5 Å². The molecule has 0 unspecified atom stereocenters. The number of ether oxygens (including phenoxy) is 2. The SMILES string of the molecule is CCOc1cc(/C=C2\C(=O)NC(=O)N(c3cc(C)cc(C)c3)C2=O)cc(Cl)c1OCc1cccc(C(=O)O)c1. The number of carbonyl (C=O) groups is 4. The molecular formula is C29H25ClN2O7. The number of benzene rings is 3. The molecule has 0 radical (unpaired) electrons. The van der Waals surface area contributed by atoms with E-state index in [2.05, 4.69) is 5.32 Å². The summed E-state index contributed by atoms with van der Waals surface area (Å²) in [4.78, 5) is 50.7. The first kappa shape index (κ1) is 27.4. The number of anilines is 1. The van der Waals surface area contributed by atoms with Crippen molar-refractivity contribution in [2.45, 2.75) is 27.4 Å². The molecule has 3 aromatic rings. The van der Waals surface area contributed by atoms with E-state index in [9.17, 15) is 24.3 Å². The Hall–Kier alpha value is -4.63. The van der Waals surface area contributed by atoms with E-state index in [1.54, 1.807) is 37.3 Å². The van der Waals surface area contributed by atoms with Gasteiger partial charge in [0.2, 0.25) is 0 Å². The van der Waals surface area contributed by atoms with Gasteiger partial charge in [-0.2, -0.15) is 0 Å². The number of carboxylic acids is 1. The Labute approximate surface area is 229 Å². The predicted octanol–water partition coefficient (Wildman–Crippen LogP) is 5.30. The first-order chi connectivity index (χ1) is 18.6. The fourth-order valence-corrected chi connectivity index (χ4v) is 4.44. The molecule has 0 bridgehead atoms. The molecule has 0 atom stereocenters. The monoisotopic (exact) mass is 548 g/mol. The molecular weight excluding hydrogens is 524 g/mol. The Morgan fingerprint density at radius 1 is 1.03 bits per heavy atom. The Morgan fingerprint density at radius 3 is 2.41 bits per heavy atom. The van der Waals surface area contributed by atoms with E-state index in [0.717, 1.165) is 16.0 Å². The minimum absolute atomic E-state index is 0.0230. The van der Waals surface area contributed by atoms with E-state index in [1.165, 1.54) is 24.3 Å². The fourth-order valence-electron chi connectivity index (χ4n) is 4.16. The molecule has 1 aliphatic heterocycles. The quantitative estimate of drug-likeness (QED) is 0.289. The molecule has 39 heavy (non-hydrogen) atoms. The molecule has 4 amide bonds. The molecule has 0 aromatic heterocycles. The minimum Gasteiger partial charge on any atom is -0.490 e. The lowest BCUT2D eigenvalue weighted by Crippen LogP contribution is -2.54. The number of nitrogens with zero attached hydrogens (tertiary/aromatic N) is 1. The predicted molar refractivity (Wildman–Crippen MR) is 145 cm³/mol. The maximum absolute atomic E-state index is 13.3. The molecule has 1 heterocycles. The molecule has 0 spiro atoms. The number of hydrogen-bond donors (Lipinski definition) is 2. The first-order valence-electron chi connectivity index (χ1n) is 12.0. The summed E-state index contributed by atoms with van der Waals surface area (Å²) < 4.78 is 11.6. The standard InChI is InChI=1S/C29H25ClN2O7/c1-4-38-24-14-19(13-23(30)25(24)39-15-18-6-5-7-20(11-18)28(35)36)12-22-26(33)31-29(37)32(27(22)34)21-9-16(2)8-17(3)10-21/h5-14H,4,15H2,1-3H3,(H,35,36)(H,31,33,37)/b22-12+. The lowest BCUT2D eigenvalue weighted by Gasteiger charge is -2.27. The molecule has 9 nitrogen and oxygen atoms in total. The van der Waals surface area contributed by atoms with E-state index >= 15 is 0 Å². The zero-order valence-corrected chi connectivity index (χ0v) is 22.2. The number of barbiturate groups is 1. The highest BCUT2D eigenvalue weighted by Crippen LogP contribution is 2.38. The van der Waals surface area contributed by atoms with Crippen LogP contribution in [0.1, 0.15) is 39.5 Å². The number of nitrogens with one attached hydrogen (secondary N) is 1. The highest BCUT2D eigenvalue weighted by Gasteiger charge is 2.37. The number of imide groups is 2. The van der Waals surface area contributed by atoms with E-state index in [0.29, 0.717) is 16.8 Å². The lowest BCUT2D eigenvalue weighted by atomic mass is 10.0. The van der Waals surface area contributed by atoms with Crippen LogP contribution in [-0.2, 0) is 16.2 Å². The van der Waals surface area contributed by atoms with Gasteiger partial charge in [-0.3, -0.25) is 14.9 Å². The zero-order valence-electron chi connectivity index (χ0n) is 21.4. The van der Waals surface area contributed by atoms with Gasteiger partial charge in [-0.1, -0.05) is 29.8 Å². The van der Waals surface area contributed by atoms with E-state index in [-0.39, 0.29) is 40.9 Å². The van der Waals surface area contributed by atoms with Crippen molar-refractivity contribution in [3.05, 3.63) is 93.0 Å². The average Bonchev–Trinajstić information content (AvgIpc) is 2.86. The van der Waals surface area contributed by atoms with Crippen LogP contribution in [0.3, 0.4) is 0 Å². The van der Waals surface area contributed by atoms with Gasteiger partial charge in [0.05, 0.1) is 22.9 Å². The van der Waals surface area contributed by atoms with Crippen molar-refractivity contribution in [1.82, 2.24) is 5.32 Å². The van der Waals surface area contributed by atoms with Gasteiger partial charge >= 0.3 is 12.0 Å². The molecule has 200 valence electrons. The number of carboxylic acid groups (broad SMARTS) is 1. The van der Waals surface area contributed by atoms with E-state index in [4.69, 9.17) is 21.1 Å². The van der Waals surface area contributed by atoms with Crippen molar-refractivity contribution in [3.8, 4) is 11.5 Å². The molecule has 10 heteroatoms. The number of amides is 4. The first-order valence-corrected chi connectivity index (χ1v) is 12.4. The summed E-state index contributed by atoms with van der Waals surface area (Å²) >= 11 is 6.51. The lowest BCUT2D eigenvalue weighted by molar-refractivity contribution is -0.122. The molecule has 0 saturated carbocycles. The normalized spacial score (nSPS) is 14.4. The molecule has 1 fully saturated rings. The number of halogens is 1. The number of rotatable bonds is 8. The van der Waals surface area contributed by atoms with Gasteiger partial charge in [-0.15, -0.1) is 0 Å². The Morgan fingerprint density at radius 2 is 1.74 bits per heavy atom.